The van der Waals surface area contributed by atoms with E-state index in [4.69, 9.17) is 27.9 Å². The first-order valence-electron chi connectivity index (χ1n) is 11.2. The number of methoxy groups -OCH3 is 2. The largest absolute Gasteiger partial charge is 0.508 e. The number of aromatic hydroxyl groups is 1. The molecule has 0 radical (unpaired) electrons. The fraction of sp³-hybridized carbons (Fsp3) is 0.458. The summed E-state index contributed by atoms with van der Waals surface area (Å²) in [5.41, 5.74) is 0.664. The summed E-state index contributed by atoms with van der Waals surface area (Å²) in [6.07, 6.45) is 0.446. The molecule has 4 aliphatic rings. The average Bonchev–Trinajstić information content (AvgIpc) is 3.19. The van der Waals surface area contributed by atoms with Gasteiger partial charge in [0.25, 0.3) is 11.8 Å². The quantitative estimate of drug-likeness (QED) is 0.345. The van der Waals surface area contributed by atoms with Crippen LogP contribution >= 0.6 is 23.2 Å². The van der Waals surface area contributed by atoms with Gasteiger partial charge in [0.1, 0.15) is 11.5 Å². The molecule has 2 aliphatic carbocycles. The van der Waals surface area contributed by atoms with Gasteiger partial charge in [0.15, 0.2) is 9.75 Å². The fourth-order valence-electron chi connectivity index (χ4n) is 6.25. The van der Waals surface area contributed by atoms with Gasteiger partial charge in [-0.15, -0.1) is 23.2 Å². The van der Waals surface area contributed by atoms with Crippen LogP contribution in [0.1, 0.15) is 24.3 Å². The van der Waals surface area contributed by atoms with Gasteiger partial charge >= 0.3 is 6.09 Å². The van der Waals surface area contributed by atoms with Crippen LogP contribution in [0.5, 0.6) is 11.5 Å². The second kappa shape index (κ2) is 7.94. The van der Waals surface area contributed by atoms with Crippen molar-refractivity contribution >= 4 is 52.9 Å². The number of phenols is 1. The summed E-state index contributed by atoms with van der Waals surface area (Å²) in [5.74, 6) is -6.70. The number of carbonyl (C=O) groups excluding carboxylic acids is 5. The number of likely N-dealkylation sites (tertiary alicyclic amines) is 2. The molecule has 2 aliphatic heterocycles. The first-order chi connectivity index (χ1) is 16.9. The average molecular weight is 537 g/mol. The lowest BCUT2D eigenvalue weighted by molar-refractivity contribution is -0.139. The Morgan fingerprint density at radius 1 is 1.08 bits per heavy atom. The Labute approximate surface area is 215 Å². The number of ether oxygens (including phenoxy) is 2. The van der Waals surface area contributed by atoms with E-state index >= 15 is 0 Å². The maximum atomic E-state index is 13.5. The first kappa shape index (κ1) is 24.6. The standard InChI is InChI=1S/C24H22Cl2N2O8/c1-27-20(32)23(25)9-14-11(5-6-12-16(14)19(31)28(18(12)30)22(34)36-3)17(24(23,26)21(27)33)13-8-10(35-2)4-7-15(13)29/h4-5,7-8,12,14,16-17,29H,6,9H2,1-3H3. The molecule has 3 fully saturated rings. The molecule has 5 amide bonds. The van der Waals surface area contributed by atoms with E-state index in [1.807, 2.05) is 0 Å². The lowest BCUT2D eigenvalue weighted by atomic mass is 9.56. The molecule has 1 N–H and O–H groups in total. The zero-order valence-corrected chi connectivity index (χ0v) is 21.0. The molecule has 36 heavy (non-hydrogen) atoms. The number of phenolic OH excluding ortho intramolecular Hbond substituents is 1. The van der Waals surface area contributed by atoms with Crippen LogP contribution in [0.2, 0.25) is 0 Å². The molecule has 0 bridgehead atoms. The van der Waals surface area contributed by atoms with Crippen LogP contribution in [-0.2, 0) is 23.9 Å². The van der Waals surface area contributed by atoms with Gasteiger partial charge in [-0.2, -0.15) is 4.90 Å². The zero-order valence-electron chi connectivity index (χ0n) is 19.5. The summed E-state index contributed by atoms with van der Waals surface area (Å²) in [7, 11) is 3.75. The van der Waals surface area contributed by atoms with Crippen molar-refractivity contribution in [3.63, 3.8) is 0 Å². The summed E-state index contributed by atoms with van der Waals surface area (Å²) in [4.78, 5) is 62.7. The third-order valence-electron chi connectivity index (χ3n) is 7.92. The predicted octanol–water partition coefficient (Wildman–Crippen LogP) is 2.16. The van der Waals surface area contributed by atoms with Crippen molar-refractivity contribution in [2.75, 3.05) is 21.3 Å². The van der Waals surface area contributed by atoms with Gasteiger partial charge in [0.05, 0.1) is 26.1 Å². The lowest BCUT2D eigenvalue weighted by Gasteiger charge is -2.50. The third kappa shape index (κ3) is 2.82. The molecule has 10 nitrogen and oxygen atoms in total. The third-order valence-corrected chi connectivity index (χ3v) is 9.33. The zero-order chi connectivity index (χ0) is 26.3. The Morgan fingerprint density at radius 2 is 1.78 bits per heavy atom. The lowest BCUT2D eigenvalue weighted by Crippen LogP contribution is -2.60. The van der Waals surface area contributed by atoms with E-state index in [-0.39, 0.29) is 24.2 Å². The van der Waals surface area contributed by atoms with Gasteiger partial charge in [-0.1, -0.05) is 11.6 Å². The van der Waals surface area contributed by atoms with Crippen LogP contribution in [-0.4, -0.2) is 75.6 Å². The number of nitrogens with zero attached hydrogens (tertiary/aromatic N) is 2. The van der Waals surface area contributed by atoms with E-state index in [0.29, 0.717) is 16.2 Å². The second-order valence-electron chi connectivity index (χ2n) is 9.40. The van der Waals surface area contributed by atoms with Crippen molar-refractivity contribution in [2.45, 2.75) is 28.5 Å². The number of alkyl halides is 2. The summed E-state index contributed by atoms with van der Waals surface area (Å²) in [5, 5.41) is 10.9. The van der Waals surface area contributed by atoms with Crippen molar-refractivity contribution in [3.8, 4) is 11.5 Å². The van der Waals surface area contributed by atoms with E-state index in [9.17, 15) is 29.1 Å². The highest BCUT2D eigenvalue weighted by Gasteiger charge is 2.76. The number of amides is 5. The minimum Gasteiger partial charge on any atom is -0.508 e. The van der Waals surface area contributed by atoms with Crippen molar-refractivity contribution in [1.82, 2.24) is 9.80 Å². The molecule has 190 valence electrons. The summed E-state index contributed by atoms with van der Waals surface area (Å²) >= 11 is 14.0. The maximum absolute atomic E-state index is 13.5. The van der Waals surface area contributed by atoms with E-state index in [2.05, 4.69) is 4.74 Å². The van der Waals surface area contributed by atoms with Crippen molar-refractivity contribution < 1.29 is 38.6 Å². The molecule has 5 rings (SSSR count). The molecule has 1 saturated carbocycles. The Bertz CT molecular complexity index is 1280. The molecule has 2 heterocycles. The number of carbonyl (C=O) groups is 5. The highest BCUT2D eigenvalue weighted by Crippen LogP contribution is 2.66. The number of imide groups is 4. The van der Waals surface area contributed by atoms with Crippen LogP contribution < -0.4 is 4.74 Å². The molecule has 12 heteroatoms. The molecule has 1 aromatic rings. The summed E-state index contributed by atoms with van der Waals surface area (Å²) in [6, 6.07) is 4.38. The van der Waals surface area contributed by atoms with Gasteiger partial charge in [-0.3, -0.25) is 24.1 Å². The Balaban J connectivity index is 1.74. The van der Waals surface area contributed by atoms with E-state index < -0.39 is 63.1 Å². The van der Waals surface area contributed by atoms with Crippen LogP contribution in [0.25, 0.3) is 0 Å². The fourth-order valence-corrected chi connectivity index (χ4v) is 7.26. The topological polar surface area (TPSA) is 131 Å². The van der Waals surface area contributed by atoms with Crippen LogP contribution in [0.3, 0.4) is 0 Å². The minimum absolute atomic E-state index is 0.0794. The molecule has 2 saturated heterocycles. The van der Waals surface area contributed by atoms with Crippen molar-refractivity contribution in [2.24, 2.45) is 17.8 Å². The summed E-state index contributed by atoms with van der Waals surface area (Å²) < 4.78 is 9.93. The molecule has 6 atom stereocenters. The van der Waals surface area contributed by atoms with E-state index in [1.165, 1.54) is 32.4 Å². The van der Waals surface area contributed by atoms with Crippen molar-refractivity contribution in [3.05, 3.63) is 35.4 Å². The smallest absolute Gasteiger partial charge is 0.423 e. The molecule has 1 aromatic carbocycles. The van der Waals surface area contributed by atoms with Crippen LogP contribution in [0.15, 0.2) is 29.8 Å². The van der Waals surface area contributed by atoms with Crippen LogP contribution in [0.4, 0.5) is 4.79 Å². The molecule has 0 spiro atoms. The summed E-state index contributed by atoms with van der Waals surface area (Å²) in [6.45, 7) is 0. The number of hydrogen-bond donors (Lipinski definition) is 1. The number of halogens is 2. The van der Waals surface area contributed by atoms with E-state index in [1.54, 1.807) is 6.08 Å². The highest BCUT2D eigenvalue weighted by molar-refractivity contribution is 6.53. The van der Waals surface area contributed by atoms with Crippen molar-refractivity contribution in [1.29, 1.82) is 0 Å². The Kier molecular flexibility index (Phi) is 5.42. The minimum atomic E-state index is -2.03. The van der Waals surface area contributed by atoms with Gasteiger partial charge in [0, 0.05) is 18.5 Å². The van der Waals surface area contributed by atoms with Gasteiger partial charge in [-0.25, -0.2) is 4.79 Å². The maximum Gasteiger partial charge on any atom is 0.423 e. The Hall–Kier alpha value is -3.11. The van der Waals surface area contributed by atoms with Gasteiger partial charge in [-0.05, 0) is 37.0 Å². The number of hydrogen-bond acceptors (Lipinski definition) is 8. The molecular weight excluding hydrogens is 515 g/mol. The number of fused-ring (bicyclic) bond motifs is 4. The molecular formula is C24H22Cl2N2O8. The van der Waals surface area contributed by atoms with E-state index in [0.717, 1.165) is 12.0 Å². The number of benzene rings is 1. The second-order valence-corrected chi connectivity index (χ2v) is 10.6. The number of allylic oxidation sites excluding steroid dienone is 2. The van der Waals surface area contributed by atoms with Gasteiger partial charge < -0.3 is 14.6 Å². The monoisotopic (exact) mass is 536 g/mol. The number of rotatable bonds is 2. The van der Waals surface area contributed by atoms with Gasteiger partial charge in [0.2, 0.25) is 11.8 Å². The van der Waals surface area contributed by atoms with Crippen LogP contribution in [0, 0.1) is 17.8 Å². The normalized spacial score (nSPS) is 35.3. The highest BCUT2D eigenvalue weighted by atomic mass is 35.5. The predicted molar refractivity (Wildman–Crippen MR) is 124 cm³/mol. The first-order valence-corrected chi connectivity index (χ1v) is 11.9. The Morgan fingerprint density at radius 3 is 2.42 bits per heavy atom. The molecule has 0 aromatic heterocycles. The molecule has 6 unspecified atom stereocenters. The SMILES string of the molecule is COC(=O)N1C(=O)C2CC=C3C(CC4(Cl)C(=O)N(C)C(=O)C4(Cl)C3c3cc(OC)ccc3O)C2C1=O.